The number of ether oxygens (including phenoxy) is 1. The molecule has 1 aliphatic rings. The second kappa shape index (κ2) is 7.20. The summed E-state index contributed by atoms with van der Waals surface area (Å²) in [6, 6.07) is 11.8. The molecule has 0 saturated heterocycles. The van der Waals surface area contributed by atoms with E-state index in [4.69, 9.17) is 4.74 Å². The number of aromatic nitrogens is 2. The minimum absolute atomic E-state index is 0.0988. The van der Waals surface area contributed by atoms with E-state index < -0.39 is 0 Å². The first-order chi connectivity index (χ1) is 12.8. The van der Waals surface area contributed by atoms with Gasteiger partial charge in [0.2, 0.25) is 0 Å². The van der Waals surface area contributed by atoms with Crippen LogP contribution in [0, 0.1) is 0 Å². The fourth-order valence-corrected chi connectivity index (χ4v) is 3.35. The topological polar surface area (TPSA) is 56.1 Å². The van der Waals surface area contributed by atoms with Gasteiger partial charge in [0, 0.05) is 31.4 Å². The van der Waals surface area contributed by atoms with Gasteiger partial charge >= 0.3 is 0 Å². The third-order valence-electron chi connectivity index (χ3n) is 4.75. The molecule has 0 spiro atoms. The molecule has 0 unspecified atom stereocenters. The molecule has 1 N–H and O–H groups in total. The van der Waals surface area contributed by atoms with Gasteiger partial charge in [-0.05, 0) is 36.6 Å². The molecule has 1 aromatic heterocycles. The smallest absolute Gasteiger partial charge is 0.255 e. The Labute approximate surface area is 153 Å². The van der Waals surface area contributed by atoms with Crippen molar-refractivity contribution in [2.24, 2.45) is 0 Å². The molecule has 0 radical (unpaired) electrons. The lowest BCUT2D eigenvalue weighted by atomic mass is 10.0. The quantitative estimate of drug-likeness (QED) is 0.707. The van der Waals surface area contributed by atoms with Crippen molar-refractivity contribution in [2.45, 2.75) is 32.2 Å². The van der Waals surface area contributed by atoms with Crippen LogP contribution in [0.15, 0.2) is 48.8 Å². The van der Waals surface area contributed by atoms with Crippen LogP contribution in [-0.2, 0) is 6.54 Å². The number of carbonyl (C=O) groups is 1. The largest absolute Gasteiger partial charge is 0.493 e. The van der Waals surface area contributed by atoms with Gasteiger partial charge in [0.1, 0.15) is 11.6 Å². The summed E-state index contributed by atoms with van der Waals surface area (Å²) in [7, 11) is 0. The molecule has 1 heterocycles. The lowest BCUT2D eigenvalue weighted by Crippen LogP contribution is -2.28. The van der Waals surface area contributed by atoms with Gasteiger partial charge in [-0.25, -0.2) is 4.98 Å². The highest BCUT2D eigenvalue weighted by molar-refractivity contribution is 6.09. The van der Waals surface area contributed by atoms with Crippen LogP contribution in [0.3, 0.4) is 0 Å². The van der Waals surface area contributed by atoms with Gasteiger partial charge in [-0.3, -0.25) is 4.79 Å². The van der Waals surface area contributed by atoms with Crippen LogP contribution in [0.2, 0.25) is 0 Å². The summed E-state index contributed by atoms with van der Waals surface area (Å²) in [6.45, 7) is 3.74. The molecule has 3 aromatic rings. The number of hydrogen-bond donors (Lipinski definition) is 1. The van der Waals surface area contributed by atoms with Crippen LogP contribution >= 0.6 is 0 Å². The number of carbonyl (C=O) groups excluding carboxylic acids is 1. The minimum atomic E-state index is -0.0988. The Hall–Kier alpha value is -2.82. The average Bonchev–Trinajstić information content (AvgIpc) is 3.40. The zero-order chi connectivity index (χ0) is 17.9. The maximum atomic E-state index is 12.9. The Kier molecular flexibility index (Phi) is 4.61. The van der Waals surface area contributed by atoms with E-state index in [0.29, 0.717) is 30.4 Å². The summed E-state index contributed by atoms with van der Waals surface area (Å²) in [4.78, 5) is 17.3. The van der Waals surface area contributed by atoms with Crippen LogP contribution in [0.5, 0.6) is 5.75 Å². The molecule has 1 saturated carbocycles. The predicted octanol–water partition coefficient (Wildman–Crippen LogP) is 3.74. The van der Waals surface area contributed by atoms with Crippen molar-refractivity contribution < 1.29 is 9.53 Å². The van der Waals surface area contributed by atoms with Crippen LogP contribution in [-0.4, -0.2) is 28.6 Å². The van der Waals surface area contributed by atoms with Gasteiger partial charge in [0.15, 0.2) is 0 Å². The first-order valence-electron chi connectivity index (χ1n) is 9.21. The van der Waals surface area contributed by atoms with E-state index in [0.717, 1.165) is 23.1 Å². The summed E-state index contributed by atoms with van der Waals surface area (Å²) >= 11 is 0. The maximum absolute atomic E-state index is 12.9. The van der Waals surface area contributed by atoms with Crippen molar-refractivity contribution in [1.82, 2.24) is 14.9 Å². The molecule has 0 bridgehead atoms. The highest BCUT2D eigenvalue weighted by Gasteiger charge is 2.27. The van der Waals surface area contributed by atoms with E-state index >= 15 is 0 Å². The fourth-order valence-electron chi connectivity index (χ4n) is 3.35. The molecule has 26 heavy (non-hydrogen) atoms. The molecular weight excluding hydrogens is 326 g/mol. The van der Waals surface area contributed by atoms with Crippen molar-refractivity contribution in [3.63, 3.8) is 0 Å². The van der Waals surface area contributed by atoms with Crippen molar-refractivity contribution in [3.05, 3.63) is 60.2 Å². The van der Waals surface area contributed by atoms with E-state index in [1.165, 1.54) is 12.8 Å². The molecule has 1 amide bonds. The molecular formula is C21H23N3O2. The molecule has 134 valence electrons. The Morgan fingerprint density at radius 2 is 2.12 bits per heavy atom. The van der Waals surface area contributed by atoms with Crippen LogP contribution in [0.25, 0.3) is 10.8 Å². The minimum Gasteiger partial charge on any atom is -0.493 e. The van der Waals surface area contributed by atoms with Crippen molar-refractivity contribution in [1.29, 1.82) is 0 Å². The Bertz CT molecular complexity index is 928. The van der Waals surface area contributed by atoms with Gasteiger partial charge in [-0.2, -0.15) is 0 Å². The molecule has 0 aliphatic heterocycles. The second-order valence-corrected chi connectivity index (χ2v) is 6.60. The molecule has 0 atom stereocenters. The summed E-state index contributed by atoms with van der Waals surface area (Å²) in [5.74, 6) is 2.27. The van der Waals surface area contributed by atoms with Gasteiger partial charge in [0.25, 0.3) is 5.91 Å². The van der Waals surface area contributed by atoms with E-state index in [9.17, 15) is 4.79 Å². The van der Waals surface area contributed by atoms with E-state index in [1.54, 1.807) is 0 Å². The van der Waals surface area contributed by atoms with Crippen LogP contribution in [0.1, 0.15) is 41.9 Å². The summed E-state index contributed by atoms with van der Waals surface area (Å²) < 4.78 is 7.84. The lowest BCUT2D eigenvalue weighted by molar-refractivity contribution is 0.0950. The predicted molar refractivity (Wildman–Crippen MR) is 102 cm³/mol. The van der Waals surface area contributed by atoms with Crippen molar-refractivity contribution in [2.75, 3.05) is 13.2 Å². The normalized spacial score (nSPS) is 13.7. The first-order valence-corrected chi connectivity index (χ1v) is 9.21. The van der Waals surface area contributed by atoms with E-state index in [-0.39, 0.29) is 5.91 Å². The molecule has 1 fully saturated rings. The Morgan fingerprint density at radius 1 is 1.27 bits per heavy atom. The van der Waals surface area contributed by atoms with Gasteiger partial charge in [0.05, 0.1) is 12.2 Å². The molecule has 4 rings (SSSR count). The molecule has 1 aliphatic carbocycles. The number of benzene rings is 2. The van der Waals surface area contributed by atoms with Crippen LogP contribution in [0.4, 0.5) is 0 Å². The third kappa shape index (κ3) is 3.29. The molecule has 2 aromatic carbocycles. The number of rotatable bonds is 7. The van der Waals surface area contributed by atoms with Gasteiger partial charge in [-0.15, -0.1) is 0 Å². The number of amides is 1. The average molecular weight is 349 g/mol. The Balaban J connectivity index is 1.51. The first kappa shape index (κ1) is 16.6. The number of hydrogen-bond acceptors (Lipinski definition) is 3. The number of nitrogens with one attached hydrogen (secondary N) is 1. The van der Waals surface area contributed by atoms with Gasteiger partial charge in [-0.1, -0.05) is 30.3 Å². The second-order valence-electron chi connectivity index (χ2n) is 6.60. The number of nitrogens with zero attached hydrogens (tertiary/aromatic N) is 2. The monoisotopic (exact) mass is 349 g/mol. The zero-order valence-corrected chi connectivity index (χ0v) is 14.9. The Morgan fingerprint density at radius 3 is 2.92 bits per heavy atom. The standard InChI is InChI=1S/C21H23N3O2/c1-2-26-18-10-9-15-5-3-4-6-17(15)19(18)21(25)23-12-14-24-13-11-22-20(24)16-7-8-16/h3-6,9-11,13,16H,2,7-8,12,14H2,1H3,(H,23,25). The zero-order valence-electron chi connectivity index (χ0n) is 14.9. The maximum Gasteiger partial charge on any atom is 0.255 e. The number of fused-ring (bicyclic) bond motifs is 1. The van der Waals surface area contributed by atoms with E-state index in [1.807, 2.05) is 55.7 Å². The summed E-state index contributed by atoms with van der Waals surface area (Å²) in [5.41, 5.74) is 0.609. The lowest BCUT2D eigenvalue weighted by Gasteiger charge is -2.14. The van der Waals surface area contributed by atoms with E-state index in [2.05, 4.69) is 14.9 Å². The van der Waals surface area contributed by atoms with Crippen LogP contribution < -0.4 is 10.1 Å². The van der Waals surface area contributed by atoms with Crippen molar-refractivity contribution in [3.8, 4) is 5.75 Å². The van der Waals surface area contributed by atoms with Gasteiger partial charge < -0.3 is 14.6 Å². The summed E-state index contributed by atoms with van der Waals surface area (Å²) in [5, 5.41) is 5.00. The SMILES string of the molecule is CCOc1ccc2ccccc2c1C(=O)NCCn1ccnc1C1CC1. The molecule has 5 heteroatoms. The highest BCUT2D eigenvalue weighted by atomic mass is 16.5. The molecule has 5 nitrogen and oxygen atoms in total. The highest BCUT2D eigenvalue weighted by Crippen LogP contribution is 2.38. The van der Waals surface area contributed by atoms with Crippen molar-refractivity contribution >= 4 is 16.7 Å². The third-order valence-corrected chi connectivity index (χ3v) is 4.75. The summed E-state index contributed by atoms with van der Waals surface area (Å²) in [6.07, 6.45) is 6.27. The fraction of sp³-hybridized carbons (Fsp3) is 0.333. The number of imidazole rings is 1.